The van der Waals surface area contributed by atoms with Gasteiger partial charge in [0.05, 0.1) is 0 Å². The molecule has 0 spiro atoms. The summed E-state index contributed by atoms with van der Waals surface area (Å²) in [4.78, 5) is 4.50. The van der Waals surface area contributed by atoms with Gasteiger partial charge in [0.2, 0.25) is 0 Å². The first-order chi connectivity index (χ1) is 9.28. The van der Waals surface area contributed by atoms with E-state index in [0.29, 0.717) is 12.0 Å². The Hall–Kier alpha value is -0.870. The highest BCUT2D eigenvalue weighted by Crippen LogP contribution is 2.35. The Kier molecular flexibility index (Phi) is 5.40. The van der Waals surface area contributed by atoms with Crippen molar-refractivity contribution in [1.29, 1.82) is 0 Å². The minimum atomic E-state index is 0.370. The van der Waals surface area contributed by atoms with E-state index in [4.69, 9.17) is 5.84 Å². The Bertz CT molecular complexity index is 374. The number of nitrogens with two attached hydrogens (primary N) is 1. The number of hydrogen-bond donors (Lipinski definition) is 2. The van der Waals surface area contributed by atoms with Gasteiger partial charge in [-0.1, -0.05) is 26.7 Å². The van der Waals surface area contributed by atoms with E-state index < -0.39 is 0 Å². The molecule has 108 valence electrons. The minimum Gasteiger partial charge on any atom is -0.335 e. The largest absolute Gasteiger partial charge is 0.335 e. The van der Waals surface area contributed by atoms with Crippen LogP contribution < -0.4 is 11.3 Å². The molecule has 1 aliphatic rings. The highest BCUT2D eigenvalue weighted by atomic mass is 15.2. The second kappa shape index (κ2) is 7.06. The van der Waals surface area contributed by atoms with E-state index in [1.807, 2.05) is 6.20 Å². The number of nitrogens with one attached hydrogen (secondary N) is 1. The first kappa shape index (κ1) is 14.5. The third-order valence-corrected chi connectivity index (χ3v) is 4.61. The third-order valence-electron chi connectivity index (χ3n) is 4.61. The fourth-order valence-corrected chi connectivity index (χ4v) is 3.38. The molecule has 0 aromatic carbocycles. The lowest BCUT2D eigenvalue weighted by Gasteiger charge is -2.23. The summed E-state index contributed by atoms with van der Waals surface area (Å²) < 4.78 is 2.26. The monoisotopic (exact) mass is 264 g/mol. The zero-order valence-electron chi connectivity index (χ0n) is 12.3. The van der Waals surface area contributed by atoms with Crippen molar-refractivity contribution in [2.24, 2.45) is 17.7 Å². The van der Waals surface area contributed by atoms with Crippen LogP contribution in [0.3, 0.4) is 0 Å². The van der Waals surface area contributed by atoms with E-state index in [2.05, 4.69) is 35.0 Å². The topological polar surface area (TPSA) is 55.9 Å². The van der Waals surface area contributed by atoms with Crippen LogP contribution in [0.25, 0.3) is 0 Å². The Morgan fingerprint density at radius 2 is 2.32 bits per heavy atom. The number of rotatable bonds is 7. The van der Waals surface area contributed by atoms with Crippen LogP contribution in [0.15, 0.2) is 12.4 Å². The average Bonchev–Trinajstić information content (AvgIpc) is 3.05. The third kappa shape index (κ3) is 3.57. The molecule has 0 aliphatic heterocycles. The lowest BCUT2D eigenvalue weighted by molar-refractivity contribution is 0.340. The summed E-state index contributed by atoms with van der Waals surface area (Å²) in [6.45, 7) is 5.55. The van der Waals surface area contributed by atoms with Gasteiger partial charge in [0.15, 0.2) is 0 Å². The van der Waals surface area contributed by atoms with Crippen molar-refractivity contribution in [3.8, 4) is 0 Å². The fraction of sp³-hybridized carbons (Fsp3) is 0.800. The van der Waals surface area contributed by atoms with Gasteiger partial charge in [-0.15, -0.1) is 0 Å². The fourth-order valence-electron chi connectivity index (χ4n) is 3.38. The van der Waals surface area contributed by atoms with Crippen molar-refractivity contribution < 1.29 is 0 Å². The highest BCUT2D eigenvalue weighted by Gasteiger charge is 2.30. The average molecular weight is 264 g/mol. The Balaban J connectivity index is 1.97. The van der Waals surface area contributed by atoms with E-state index in [1.165, 1.54) is 31.5 Å². The summed E-state index contributed by atoms with van der Waals surface area (Å²) >= 11 is 0. The summed E-state index contributed by atoms with van der Waals surface area (Å²) in [5, 5.41) is 0. The molecule has 4 heteroatoms. The summed E-state index contributed by atoms with van der Waals surface area (Å²) in [5.74, 6) is 8.57. The van der Waals surface area contributed by atoms with Crippen LogP contribution >= 0.6 is 0 Å². The van der Waals surface area contributed by atoms with Crippen LogP contribution in [0, 0.1) is 11.8 Å². The molecule has 3 atom stereocenters. The van der Waals surface area contributed by atoms with Gasteiger partial charge in [-0.2, -0.15) is 0 Å². The number of hydrogen-bond acceptors (Lipinski definition) is 3. The minimum absolute atomic E-state index is 0.370. The molecule has 1 heterocycles. The molecule has 4 nitrogen and oxygen atoms in total. The van der Waals surface area contributed by atoms with Crippen molar-refractivity contribution in [2.75, 3.05) is 0 Å². The first-order valence-corrected chi connectivity index (χ1v) is 7.74. The van der Waals surface area contributed by atoms with Crippen LogP contribution in [-0.2, 0) is 13.0 Å². The molecule has 0 bridgehead atoms. The lowest BCUT2D eigenvalue weighted by Crippen LogP contribution is -2.42. The Morgan fingerprint density at radius 3 is 2.95 bits per heavy atom. The maximum Gasteiger partial charge on any atom is 0.110 e. The molecular weight excluding hydrogens is 236 g/mol. The van der Waals surface area contributed by atoms with Crippen LogP contribution in [0.5, 0.6) is 0 Å². The molecule has 1 saturated carbocycles. The number of hydrazine groups is 1. The van der Waals surface area contributed by atoms with Crippen molar-refractivity contribution in [1.82, 2.24) is 15.0 Å². The normalized spacial score (nSPS) is 24.8. The summed E-state index contributed by atoms with van der Waals surface area (Å²) in [7, 11) is 0. The van der Waals surface area contributed by atoms with Crippen molar-refractivity contribution in [3.63, 3.8) is 0 Å². The lowest BCUT2D eigenvalue weighted by atomic mass is 9.93. The van der Waals surface area contributed by atoms with Crippen LogP contribution in [-0.4, -0.2) is 15.6 Å². The maximum atomic E-state index is 5.79. The standard InChI is InChI=1S/C15H28N4/c1-3-8-19-9-7-17-15(19)11-14(18-16)13-6-5-12(4-2)10-13/h7,9,12-14,18H,3-6,8,10-11,16H2,1-2H3. The highest BCUT2D eigenvalue weighted by molar-refractivity contribution is 4.98. The van der Waals surface area contributed by atoms with Gasteiger partial charge in [0.1, 0.15) is 5.82 Å². The SMILES string of the molecule is CCCn1ccnc1CC(NN)C1CCC(CC)C1. The van der Waals surface area contributed by atoms with E-state index in [1.54, 1.807) is 0 Å². The van der Waals surface area contributed by atoms with Crippen LogP contribution in [0.2, 0.25) is 0 Å². The van der Waals surface area contributed by atoms with Crippen molar-refractivity contribution >= 4 is 0 Å². The Labute approximate surface area is 116 Å². The van der Waals surface area contributed by atoms with Gasteiger partial charge < -0.3 is 4.57 Å². The quantitative estimate of drug-likeness (QED) is 0.587. The Morgan fingerprint density at radius 1 is 1.47 bits per heavy atom. The predicted molar refractivity (Wildman–Crippen MR) is 78.5 cm³/mol. The van der Waals surface area contributed by atoms with Gasteiger partial charge >= 0.3 is 0 Å². The molecule has 3 N–H and O–H groups in total. The predicted octanol–water partition coefficient (Wildman–Crippen LogP) is 2.49. The molecule has 0 saturated heterocycles. The van der Waals surface area contributed by atoms with Crippen LogP contribution in [0.1, 0.15) is 51.8 Å². The molecular formula is C15H28N4. The molecule has 19 heavy (non-hydrogen) atoms. The maximum absolute atomic E-state index is 5.79. The molecule has 1 aromatic rings. The van der Waals surface area contributed by atoms with Gasteiger partial charge in [-0.3, -0.25) is 11.3 Å². The van der Waals surface area contributed by atoms with Crippen molar-refractivity contribution in [3.05, 3.63) is 18.2 Å². The summed E-state index contributed by atoms with van der Waals surface area (Å²) in [6, 6.07) is 0.370. The zero-order chi connectivity index (χ0) is 13.7. The molecule has 1 fully saturated rings. The second-order valence-corrected chi connectivity index (χ2v) is 5.86. The van der Waals surface area contributed by atoms with Gasteiger partial charge in [0.25, 0.3) is 0 Å². The van der Waals surface area contributed by atoms with E-state index >= 15 is 0 Å². The summed E-state index contributed by atoms with van der Waals surface area (Å²) in [5.41, 5.74) is 3.04. The summed E-state index contributed by atoms with van der Waals surface area (Å²) in [6.07, 6.45) is 11.4. The van der Waals surface area contributed by atoms with E-state index in [0.717, 1.165) is 25.3 Å². The van der Waals surface area contributed by atoms with Crippen molar-refractivity contribution in [2.45, 2.75) is 65.0 Å². The number of aromatic nitrogens is 2. The molecule has 0 radical (unpaired) electrons. The number of aryl methyl sites for hydroxylation is 1. The van der Waals surface area contributed by atoms with Gasteiger partial charge in [-0.05, 0) is 31.1 Å². The molecule has 1 aromatic heterocycles. The van der Waals surface area contributed by atoms with E-state index in [9.17, 15) is 0 Å². The molecule has 0 amide bonds. The number of imidazole rings is 1. The van der Waals surface area contributed by atoms with Crippen LogP contribution in [0.4, 0.5) is 0 Å². The zero-order valence-corrected chi connectivity index (χ0v) is 12.3. The molecule has 2 rings (SSSR count). The molecule has 3 unspecified atom stereocenters. The smallest absolute Gasteiger partial charge is 0.110 e. The van der Waals surface area contributed by atoms with Gasteiger partial charge in [0, 0.05) is 31.4 Å². The number of nitrogens with zero attached hydrogens (tertiary/aromatic N) is 2. The van der Waals surface area contributed by atoms with Gasteiger partial charge in [-0.25, -0.2) is 4.98 Å². The first-order valence-electron chi connectivity index (χ1n) is 7.74. The van der Waals surface area contributed by atoms with E-state index in [-0.39, 0.29) is 0 Å². The second-order valence-electron chi connectivity index (χ2n) is 5.86. The molecule has 1 aliphatic carbocycles.